The molecule has 0 aliphatic heterocycles. The van der Waals surface area contributed by atoms with E-state index < -0.39 is 0 Å². The second kappa shape index (κ2) is 10.7. The second-order valence-electron chi connectivity index (χ2n) is 10.4. The van der Waals surface area contributed by atoms with E-state index in [1.165, 1.54) is 0 Å². The van der Waals surface area contributed by atoms with Crippen molar-refractivity contribution in [1.82, 2.24) is 35.1 Å². The predicted octanol–water partition coefficient (Wildman–Crippen LogP) is 5.22. The van der Waals surface area contributed by atoms with Crippen molar-refractivity contribution in [3.8, 4) is 0 Å². The van der Waals surface area contributed by atoms with Crippen LogP contribution in [0.3, 0.4) is 0 Å². The standard InChI is InChI=1S/C28H37N7O/c1-7-10-25(26-31-32-33-35(26)28(5,6)8-2)34(17-21-11-9-12-29-16-21)18-22-15-23-20(4)13-19(3)14-24(23)30-27(22)36/h9,11-16,25H,7-8,10,17-18H2,1-6H3,(H,30,36)/t25-/m0/s1. The quantitative estimate of drug-likeness (QED) is 0.330. The number of hydrogen-bond donors (Lipinski definition) is 1. The van der Waals surface area contributed by atoms with Crippen molar-refractivity contribution in [2.24, 2.45) is 0 Å². The smallest absolute Gasteiger partial charge is 0.252 e. The van der Waals surface area contributed by atoms with Gasteiger partial charge in [-0.3, -0.25) is 14.7 Å². The molecule has 0 aliphatic carbocycles. The van der Waals surface area contributed by atoms with Crippen LogP contribution in [0.4, 0.5) is 0 Å². The Bertz CT molecular complexity index is 1370. The summed E-state index contributed by atoms with van der Waals surface area (Å²) in [5, 5.41) is 14.0. The van der Waals surface area contributed by atoms with Crippen molar-refractivity contribution in [2.75, 3.05) is 0 Å². The molecular weight excluding hydrogens is 450 g/mol. The van der Waals surface area contributed by atoms with Crippen molar-refractivity contribution in [1.29, 1.82) is 0 Å². The van der Waals surface area contributed by atoms with E-state index in [1.807, 2.05) is 36.0 Å². The molecule has 8 heteroatoms. The van der Waals surface area contributed by atoms with Crippen LogP contribution >= 0.6 is 0 Å². The number of rotatable bonds is 10. The number of nitrogens with one attached hydrogen (secondary N) is 1. The number of H-pyrrole nitrogens is 1. The summed E-state index contributed by atoms with van der Waals surface area (Å²) in [4.78, 5) is 23.0. The average molecular weight is 488 g/mol. The fourth-order valence-corrected chi connectivity index (χ4v) is 4.79. The Balaban J connectivity index is 1.81. The van der Waals surface area contributed by atoms with Crippen LogP contribution in [0.2, 0.25) is 0 Å². The number of fused-ring (bicyclic) bond motifs is 1. The fourth-order valence-electron chi connectivity index (χ4n) is 4.79. The van der Waals surface area contributed by atoms with Crippen LogP contribution in [0.25, 0.3) is 10.9 Å². The van der Waals surface area contributed by atoms with E-state index in [9.17, 15) is 4.79 Å². The minimum Gasteiger partial charge on any atom is -0.322 e. The molecule has 3 aromatic heterocycles. The molecule has 0 radical (unpaired) electrons. The topological polar surface area (TPSA) is 92.6 Å². The Morgan fingerprint density at radius 3 is 2.64 bits per heavy atom. The van der Waals surface area contributed by atoms with Gasteiger partial charge >= 0.3 is 0 Å². The first-order valence-corrected chi connectivity index (χ1v) is 12.8. The summed E-state index contributed by atoms with van der Waals surface area (Å²) in [5.74, 6) is 0.830. The molecule has 36 heavy (non-hydrogen) atoms. The molecular formula is C28H37N7O. The summed E-state index contributed by atoms with van der Waals surface area (Å²) in [7, 11) is 0. The van der Waals surface area contributed by atoms with Gasteiger partial charge in [0.1, 0.15) is 0 Å². The van der Waals surface area contributed by atoms with Crippen molar-refractivity contribution in [2.45, 2.75) is 85.5 Å². The van der Waals surface area contributed by atoms with Gasteiger partial charge in [0.2, 0.25) is 0 Å². The van der Waals surface area contributed by atoms with E-state index in [-0.39, 0.29) is 17.1 Å². The Morgan fingerprint density at radius 1 is 1.14 bits per heavy atom. The number of aromatic nitrogens is 6. The number of nitrogens with zero attached hydrogens (tertiary/aromatic N) is 6. The summed E-state index contributed by atoms with van der Waals surface area (Å²) < 4.78 is 1.96. The van der Waals surface area contributed by atoms with Gasteiger partial charge in [0, 0.05) is 41.9 Å². The molecule has 0 spiro atoms. The highest BCUT2D eigenvalue weighted by atomic mass is 16.1. The van der Waals surface area contributed by atoms with Crippen LogP contribution in [0, 0.1) is 13.8 Å². The number of pyridine rings is 2. The first-order chi connectivity index (χ1) is 17.2. The summed E-state index contributed by atoms with van der Waals surface area (Å²) in [6, 6.07) is 10.2. The maximum Gasteiger partial charge on any atom is 0.252 e. The third-order valence-corrected chi connectivity index (χ3v) is 7.10. The number of tetrazole rings is 1. The van der Waals surface area contributed by atoms with Crippen LogP contribution in [0.5, 0.6) is 0 Å². The minimum atomic E-state index is -0.222. The van der Waals surface area contributed by atoms with Crippen molar-refractivity contribution in [3.05, 3.63) is 81.2 Å². The molecule has 0 aliphatic rings. The molecule has 3 heterocycles. The molecule has 1 atom stereocenters. The highest BCUT2D eigenvalue weighted by Crippen LogP contribution is 2.31. The summed E-state index contributed by atoms with van der Waals surface area (Å²) in [6.07, 6.45) is 6.38. The Morgan fingerprint density at radius 2 is 1.94 bits per heavy atom. The fraction of sp³-hybridized carbons (Fsp3) is 0.464. The monoisotopic (exact) mass is 487 g/mol. The van der Waals surface area contributed by atoms with Gasteiger partial charge < -0.3 is 4.98 Å². The molecule has 1 aromatic carbocycles. The lowest BCUT2D eigenvalue weighted by molar-refractivity contribution is 0.145. The lowest BCUT2D eigenvalue weighted by atomic mass is 10.00. The molecule has 0 saturated carbocycles. The zero-order valence-corrected chi connectivity index (χ0v) is 22.2. The van der Waals surface area contributed by atoms with Gasteiger partial charge in [-0.05, 0) is 85.9 Å². The SMILES string of the molecule is CCC[C@@H](c1nnnn1C(C)(C)CC)N(Cc1cccnc1)Cc1cc2c(C)cc(C)cc2[nH]c1=O. The second-order valence-corrected chi connectivity index (χ2v) is 10.4. The van der Waals surface area contributed by atoms with E-state index in [0.29, 0.717) is 13.1 Å². The molecule has 4 aromatic rings. The molecule has 4 rings (SSSR count). The maximum absolute atomic E-state index is 13.2. The summed E-state index contributed by atoms with van der Waals surface area (Å²) >= 11 is 0. The maximum atomic E-state index is 13.2. The number of aromatic amines is 1. The summed E-state index contributed by atoms with van der Waals surface area (Å²) in [5.41, 5.74) is 4.69. The van der Waals surface area contributed by atoms with Crippen molar-refractivity contribution in [3.63, 3.8) is 0 Å². The first-order valence-electron chi connectivity index (χ1n) is 12.8. The van der Waals surface area contributed by atoms with Crippen LogP contribution in [-0.2, 0) is 18.6 Å². The number of benzene rings is 1. The Labute approximate surface area is 212 Å². The lowest BCUT2D eigenvalue weighted by Crippen LogP contribution is -2.36. The molecule has 0 fully saturated rings. The summed E-state index contributed by atoms with van der Waals surface area (Å²) in [6.45, 7) is 13.9. The number of hydrogen-bond acceptors (Lipinski definition) is 6. The van der Waals surface area contributed by atoms with Gasteiger partial charge in [-0.2, -0.15) is 0 Å². The molecule has 0 bridgehead atoms. The van der Waals surface area contributed by atoms with E-state index >= 15 is 0 Å². The Kier molecular flexibility index (Phi) is 7.64. The average Bonchev–Trinajstić information content (AvgIpc) is 3.34. The van der Waals surface area contributed by atoms with Crippen molar-refractivity contribution < 1.29 is 0 Å². The molecule has 0 saturated heterocycles. The van der Waals surface area contributed by atoms with Gasteiger partial charge in [0.15, 0.2) is 5.82 Å². The predicted molar refractivity (Wildman–Crippen MR) is 143 cm³/mol. The zero-order valence-electron chi connectivity index (χ0n) is 22.2. The normalized spacial score (nSPS) is 13.0. The first kappa shape index (κ1) is 25.7. The Hall–Kier alpha value is -3.39. The highest BCUT2D eigenvalue weighted by Gasteiger charge is 2.31. The lowest BCUT2D eigenvalue weighted by Gasteiger charge is -2.33. The molecule has 1 N–H and O–H groups in total. The van der Waals surface area contributed by atoms with E-state index in [2.05, 4.69) is 77.1 Å². The van der Waals surface area contributed by atoms with Gasteiger partial charge in [-0.1, -0.05) is 32.4 Å². The van der Waals surface area contributed by atoms with Crippen LogP contribution < -0.4 is 5.56 Å². The zero-order chi connectivity index (χ0) is 25.9. The third kappa shape index (κ3) is 5.38. The molecule has 190 valence electrons. The van der Waals surface area contributed by atoms with Gasteiger partial charge in [0.05, 0.1) is 11.6 Å². The van der Waals surface area contributed by atoms with Crippen LogP contribution in [-0.4, -0.2) is 35.1 Å². The third-order valence-electron chi connectivity index (χ3n) is 7.10. The highest BCUT2D eigenvalue weighted by molar-refractivity contribution is 5.83. The van der Waals surface area contributed by atoms with Gasteiger partial charge in [-0.25, -0.2) is 4.68 Å². The number of aryl methyl sites for hydroxylation is 2. The molecule has 0 unspecified atom stereocenters. The molecule has 8 nitrogen and oxygen atoms in total. The van der Waals surface area contributed by atoms with Gasteiger partial charge in [0.25, 0.3) is 5.56 Å². The minimum absolute atomic E-state index is 0.0626. The van der Waals surface area contributed by atoms with Crippen LogP contribution in [0.15, 0.2) is 47.5 Å². The van der Waals surface area contributed by atoms with E-state index in [1.54, 1.807) is 6.20 Å². The van der Waals surface area contributed by atoms with Gasteiger partial charge in [-0.15, -0.1) is 5.10 Å². The largest absolute Gasteiger partial charge is 0.322 e. The van der Waals surface area contributed by atoms with Crippen molar-refractivity contribution >= 4 is 10.9 Å². The molecule has 0 amide bonds. The van der Waals surface area contributed by atoms with Crippen LogP contribution in [0.1, 0.15) is 81.1 Å². The van der Waals surface area contributed by atoms with E-state index in [0.717, 1.165) is 58.2 Å². The van der Waals surface area contributed by atoms with E-state index in [4.69, 9.17) is 0 Å².